The highest BCUT2D eigenvalue weighted by Gasteiger charge is 2.39. The van der Waals surface area contributed by atoms with Crippen LogP contribution in [0.25, 0.3) is 0 Å². The molecule has 1 rings (SSSR count). The first-order valence-corrected chi connectivity index (χ1v) is 3.59. The number of carboxylic acids is 1. The largest absolute Gasteiger partial charge is 0.480 e. The molecule has 10 heavy (non-hydrogen) atoms. The van der Waals surface area contributed by atoms with Crippen molar-refractivity contribution in [2.24, 2.45) is 5.92 Å². The smallest absolute Gasteiger partial charge is 0.321 e. The predicted octanol–water partition coefficient (Wildman–Crippen LogP) is 0.411. The molecule has 1 N–H and O–H groups in total. The molecule has 0 aromatic carbocycles. The number of nitrogens with zero attached hydrogens (tertiary/aromatic N) is 1. The molecule has 0 bridgehead atoms. The van der Waals surface area contributed by atoms with Crippen molar-refractivity contribution in [3.8, 4) is 0 Å². The second kappa shape index (κ2) is 2.58. The molecule has 2 atom stereocenters. The molecule has 0 amide bonds. The molecule has 1 saturated heterocycles. The summed E-state index contributed by atoms with van der Waals surface area (Å²) >= 11 is 0. The zero-order valence-corrected chi connectivity index (χ0v) is 6.37. The molecule has 58 valence electrons. The summed E-state index contributed by atoms with van der Waals surface area (Å²) in [7, 11) is 1.85. The van der Waals surface area contributed by atoms with Crippen molar-refractivity contribution in [1.29, 1.82) is 0 Å². The van der Waals surface area contributed by atoms with E-state index in [9.17, 15) is 4.79 Å². The first-order valence-electron chi connectivity index (χ1n) is 3.59. The van der Waals surface area contributed by atoms with Crippen LogP contribution in [0.5, 0.6) is 0 Å². The van der Waals surface area contributed by atoms with E-state index in [1.54, 1.807) is 0 Å². The van der Waals surface area contributed by atoms with Crippen LogP contribution < -0.4 is 0 Å². The third kappa shape index (κ3) is 1.01. The zero-order chi connectivity index (χ0) is 7.72. The second-order valence-electron chi connectivity index (χ2n) is 2.89. The fourth-order valence-electron chi connectivity index (χ4n) is 1.55. The maximum Gasteiger partial charge on any atom is 0.321 e. The molecule has 1 fully saturated rings. The van der Waals surface area contributed by atoms with Crippen LogP contribution in [0.1, 0.15) is 13.3 Å². The van der Waals surface area contributed by atoms with Crippen LogP contribution >= 0.6 is 0 Å². The fourth-order valence-corrected chi connectivity index (χ4v) is 1.55. The molecular weight excluding hydrogens is 130 g/mol. The molecule has 3 nitrogen and oxygen atoms in total. The molecule has 0 aromatic heterocycles. The summed E-state index contributed by atoms with van der Waals surface area (Å²) in [6, 6.07) is -0.218. The predicted molar refractivity (Wildman–Crippen MR) is 37.8 cm³/mol. The molecular formula is C7H13NO2. The van der Waals surface area contributed by atoms with E-state index < -0.39 is 5.97 Å². The minimum absolute atomic E-state index is 0.218. The Bertz CT molecular complexity index is 147. The molecule has 3 heteroatoms. The van der Waals surface area contributed by atoms with Crippen LogP contribution in [-0.4, -0.2) is 35.6 Å². The second-order valence-corrected chi connectivity index (χ2v) is 2.89. The summed E-state index contributed by atoms with van der Waals surface area (Å²) in [5.41, 5.74) is 0. The van der Waals surface area contributed by atoms with Crippen LogP contribution in [0.15, 0.2) is 0 Å². The summed E-state index contributed by atoms with van der Waals surface area (Å²) in [6.07, 6.45) is 0.974. The van der Waals surface area contributed by atoms with Crippen LogP contribution in [0.3, 0.4) is 0 Å². The molecule has 1 aliphatic rings. The average molecular weight is 143 g/mol. The number of likely N-dealkylation sites (N-methyl/N-ethyl adjacent to an activating group) is 1. The van der Waals surface area contributed by atoms with Gasteiger partial charge in [-0.15, -0.1) is 0 Å². The quantitative estimate of drug-likeness (QED) is 0.608. The summed E-state index contributed by atoms with van der Waals surface area (Å²) < 4.78 is 0. The lowest BCUT2D eigenvalue weighted by molar-refractivity contribution is -0.151. The van der Waals surface area contributed by atoms with Crippen LogP contribution in [-0.2, 0) is 4.79 Å². The Kier molecular flexibility index (Phi) is 1.94. The summed E-state index contributed by atoms with van der Waals surface area (Å²) in [5.74, 6) is -0.303. The molecule has 0 radical (unpaired) electrons. The van der Waals surface area contributed by atoms with E-state index in [1.807, 2.05) is 18.9 Å². The Balaban J connectivity index is 2.48. The topological polar surface area (TPSA) is 40.5 Å². The minimum atomic E-state index is -0.680. The van der Waals surface area contributed by atoms with Gasteiger partial charge in [-0.3, -0.25) is 9.69 Å². The van der Waals surface area contributed by atoms with Gasteiger partial charge in [0.2, 0.25) is 0 Å². The van der Waals surface area contributed by atoms with E-state index >= 15 is 0 Å². The Morgan fingerprint density at radius 1 is 1.80 bits per heavy atom. The monoisotopic (exact) mass is 143 g/mol. The third-order valence-corrected chi connectivity index (χ3v) is 2.22. The lowest BCUT2D eigenvalue weighted by Crippen LogP contribution is -2.57. The van der Waals surface area contributed by atoms with Crippen molar-refractivity contribution in [1.82, 2.24) is 4.90 Å². The van der Waals surface area contributed by atoms with Gasteiger partial charge in [-0.1, -0.05) is 13.3 Å². The standard InChI is InChI=1S/C7H13NO2/c1-3-5-4-8(2)6(5)7(9)10/h5-6H,3-4H2,1-2H3,(H,9,10)/t5-,6-/m0/s1. The van der Waals surface area contributed by atoms with Gasteiger partial charge >= 0.3 is 5.97 Å². The number of hydrogen-bond acceptors (Lipinski definition) is 2. The molecule has 0 aromatic rings. The number of hydrogen-bond donors (Lipinski definition) is 1. The van der Waals surface area contributed by atoms with Gasteiger partial charge in [-0.25, -0.2) is 0 Å². The van der Waals surface area contributed by atoms with Gasteiger partial charge in [0, 0.05) is 6.54 Å². The SMILES string of the molecule is CC[C@H]1CN(C)[C@@H]1C(=O)O. The summed E-state index contributed by atoms with van der Waals surface area (Å²) in [5, 5.41) is 8.66. The van der Waals surface area contributed by atoms with Crippen molar-refractivity contribution in [3.05, 3.63) is 0 Å². The normalized spacial score (nSPS) is 33.4. The van der Waals surface area contributed by atoms with Gasteiger partial charge in [-0.05, 0) is 13.0 Å². The summed E-state index contributed by atoms with van der Waals surface area (Å²) in [6.45, 7) is 2.97. The Labute approximate surface area is 60.6 Å². The van der Waals surface area contributed by atoms with Crippen molar-refractivity contribution < 1.29 is 9.90 Å². The highest BCUT2D eigenvalue weighted by molar-refractivity contribution is 5.75. The van der Waals surface area contributed by atoms with Gasteiger partial charge in [0.05, 0.1) is 0 Å². The lowest BCUT2D eigenvalue weighted by atomic mass is 9.87. The van der Waals surface area contributed by atoms with E-state index in [0.717, 1.165) is 13.0 Å². The maximum absolute atomic E-state index is 10.5. The zero-order valence-electron chi connectivity index (χ0n) is 6.37. The third-order valence-electron chi connectivity index (χ3n) is 2.22. The van der Waals surface area contributed by atoms with E-state index in [-0.39, 0.29) is 6.04 Å². The van der Waals surface area contributed by atoms with Crippen LogP contribution in [0.2, 0.25) is 0 Å². The van der Waals surface area contributed by atoms with Crippen molar-refractivity contribution >= 4 is 5.97 Å². The summed E-state index contributed by atoms with van der Waals surface area (Å²) in [4.78, 5) is 12.4. The van der Waals surface area contributed by atoms with E-state index in [0.29, 0.717) is 5.92 Å². The first kappa shape index (κ1) is 7.54. The van der Waals surface area contributed by atoms with E-state index in [2.05, 4.69) is 0 Å². The highest BCUT2D eigenvalue weighted by atomic mass is 16.4. The number of carbonyl (C=O) groups is 1. The van der Waals surface area contributed by atoms with Gasteiger partial charge in [-0.2, -0.15) is 0 Å². The average Bonchev–Trinajstić information content (AvgIpc) is 1.80. The van der Waals surface area contributed by atoms with Gasteiger partial charge in [0.1, 0.15) is 6.04 Å². The molecule has 0 spiro atoms. The maximum atomic E-state index is 10.5. The van der Waals surface area contributed by atoms with E-state index in [1.165, 1.54) is 0 Å². The van der Waals surface area contributed by atoms with Gasteiger partial charge in [0.15, 0.2) is 0 Å². The Hall–Kier alpha value is -0.570. The number of likely N-dealkylation sites (tertiary alicyclic amines) is 1. The molecule has 0 aliphatic carbocycles. The minimum Gasteiger partial charge on any atom is -0.480 e. The van der Waals surface area contributed by atoms with Crippen molar-refractivity contribution in [2.45, 2.75) is 19.4 Å². The number of carboxylic acid groups (broad SMARTS) is 1. The fraction of sp³-hybridized carbons (Fsp3) is 0.857. The van der Waals surface area contributed by atoms with Gasteiger partial charge in [0.25, 0.3) is 0 Å². The number of aliphatic carboxylic acids is 1. The highest BCUT2D eigenvalue weighted by Crippen LogP contribution is 2.25. The van der Waals surface area contributed by atoms with Crippen LogP contribution in [0, 0.1) is 5.92 Å². The molecule has 0 saturated carbocycles. The van der Waals surface area contributed by atoms with E-state index in [4.69, 9.17) is 5.11 Å². The Morgan fingerprint density at radius 2 is 2.40 bits per heavy atom. The lowest BCUT2D eigenvalue weighted by Gasteiger charge is -2.42. The Morgan fingerprint density at radius 3 is 2.60 bits per heavy atom. The van der Waals surface area contributed by atoms with Crippen LogP contribution in [0.4, 0.5) is 0 Å². The first-order chi connectivity index (χ1) is 4.66. The molecule has 1 aliphatic heterocycles. The van der Waals surface area contributed by atoms with Gasteiger partial charge < -0.3 is 5.11 Å². The number of rotatable bonds is 2. The molecule has 0 unspecified atom stereocenters. The van der Waals surface area contributed by atoms with Crippen molar-refractivity contribution in [3.63, 3.8) is 0 Å². The molecule has 1 heterocycles. The van der Waals surface area contributed by atoms with Crippen molar-refractivity contribution in [2.75, 3.05) is 13.6 Å².